The van der Waals surface area contributed by atoms with Gasteiger partial charge in [0.05, 0.1) is 29.7 Å². The molecule has 12 heteroatoms. The number of hydrogen-bond acceptors (Lipinski definition) is 8. The molecule has 33 heavy (non-hydrogen) atoms. The predicted molar refractivity (Wildman–Crippen MR) is 120 cm³/mol. The Morgan fingerprint density at radius 3 is 2.55 bits per heavy atom. The molecule has 0 radical (unpaired) electrons. The number of β-amino-alcohol motifs (C(OH)–C–C–N with tert-alkyl or cyclic N) is 1. The summed E-state index contributed by atoms with van der Waals surface area (Å²) in [5, 5.41) is 21.5. The van der Waals surface area contributed by atoms with Crippen molar-refractivity contribution in [1.29, 1.82) is 0 Å². The summed E-state index contributed by atoms with van der Waals surface area (Å²) in [6, 6.07) is -2.42. The van der Waals surface area contributed by atoms with Gasteiger partial charge in [0.25, 0.3) is 0 Å². The minimum atomic E-state index is -2.75. The first kappa shape index (κ1) is 25.6. The van der Waals surface area contributed by atoms with E-state index in [1.807, 2.05) is 20.8 Å². The fraction of sp³-hybridized carbons (Fsp3) is 0.810. The fourth-order valence-electron chi connectivity index (χ4n) is 4.24. The molecule has 1 aliphatic heterocycles. The Hall–Kier alpha value is -2.05. The van der Waals surface area contributed by atoms with Crippen LogP contribution in [0.25, 0.3) is 0 Å². The second kappa shape index (κ2) is 10.1. The summed E-state index contributed by atoms with van der Waals surface area (Å²) >= 11 is 0. The third-order valence-corrected chi connectivity index (χ3v) is 7.01. The van der Waals surface area contributed by atoms with E-state index < -0.39 is 52.4 Å². The van der Waals surface area contributed by atoms with Crippen LogP contribution >= 0.6 is 0 Å². The molecule has 0 bridgehead atoms. The summed E-state index contributed by atoms with van der Waals surface area (Å²) in [4.78, 5) is 28.2. The van der Waals surface area contributed by atoms with E-state index >= 15 is 0 Å². The third kappa shape index (κ3) is 6.10. The van der Waals surface area contributed by atoms with Gasteiger partial charge in [-0.05, 0) is 25.2 Å². The zero-order chi connectivity index (χ0) is 24.5. The Bertz CT molecular complexity index is 930. The maximum atomic E-state index is 13.7. The molecule has 2 aliphatic rings. The number of methoxy groups -OCH3 is 1. The molecule has 5 atom stereocenters. The van der Waals surface area contributed by atoms with E-state index in [0.717, 1.165) is 18.5 Å². The van der Waals surface area contributed by atoms with Crippen molar-refractivity contribution >= 4 is 22.5 Å². The summed E-state index contributed by atoms with van der Waals surface area (Å²) < 4.78 is 29.3. The zero-order valence-corrected chi connectivity index (χ0v) is 20.7. The van der Waals surface area contributed by atoms with Crippen LogP contribution < -0.4 is 5.32 Å². The second-order valence-corrected chi connectivity index (χ2v) is 11.2. The van der Waals surface area contributed by atoms with E-state index in [-0.39, 0.29) is 24.6 Å². The number of aliphatic hydroxyl groups is 1. The molecule has 0 spiro atoms. The lowest BCUT2D eigenvalue weighted by Gasteiger charge is -2.35. The van der Waals surface area contributed by atoms with Crippen LogP contribution in [0.2, 0.25) is 0 Å². The number of nitrogens with one attached hydrogen (secondary N) is 1. The minimum Gasteiger partial charge on any atom is -0.391 e. The Labute approximate surface area is 195 Å². The largest absolute Gasteiger partial charge is 0.391 e. The number of carbonyl (C=O) groups is 2. The van der Waals surface area contributed by atoms with Crippen LogP contribution in [-0.4, -0.2) is 88.9 Å². The third-order valence-electron chi connectivity index (χ3n) is 6.32. The number of aliphatic hydroxyl groups excluding tert-OH is 1. The van der Waals surface area contributed by atoms with Gasteiger partial charge in [-0.2, -0.15) is 0 Å². The van der Waals surface area contributed by atoms with Gasteiger partial charge in [0.15, 0.2) is 0 Å². The van der Waals surface area contributed by atoms with Gasteiger partial charge in [0.2, 0.25) is 11.8 Å². The maximum absolute atomic E-state index is 13.7. The van der Waals surface area contributed by atoms with Crippen molar-refractivity contribution in [2.45, 2.75) is 83.2 Å². The highest BCUT2D eigenvalue weighted by atomic mass is 32.2. The Kier molecular flexibility index (Phi) is 7.80. The van der Waals surface area contributed by atoms with Gasteiger partial charge in [0, 0.05) is 32.2 Å². The van der Waals surface area contributed by atoms with Crippen LogP contribution in [0.1, 0.15) is 64.6 Å². The lowest BCUT2D eigenvalue weighted by molar-refractivity contribution is -0.144. The van der Waals surface area contributed by atoms with Gasteiger partial charge >= 0.3 is 0 Å². The van der Waals surface area contributed by atoms with Crippen LogP contribution in [0.5, 0.6) is 0 Å². The number of carbonyl (C=O) groups excluding carboxylic acids is 2. The van der Waals surface area contributed by atoms with Crippen molar-refractivity contribution in [2.75, 3.05) is 19.4 Å². The first-order valence-electron chi connectivity index (χ1n) is 11.3. The van der Waals surface area contributed by atoms with Crippen LogP contribution in [0.15, 0.2) is 6.20 Å². The van der Waals surface area contributed by atoms with Crippen molar-refractivity contribution in [3.8, 4) is 0 Å². The molecular weight excluding hydrogens is 450 g/mol. The number of rotatable bonds is 9. The molecule has 2 amide bonds. The van der Waals surface area contributed by atoms with Gasteiger partial charge < -0.3 is 20.1 Å². The molecule has 1 aromatic heterocycles. The Morgan fingerprint density at radius 1 is 1.33 bits per heavy atom. The van der Waals surface area contributed by atoms with Gasteiger partial charge in [-0.15, -0.1) is 5.10 Å². The van der Waals surface area contributed by atoms with E-state index in [4.69, 9.17) is 4.74 Å². The van der Waals surface area contributed by atoms with Gasteiger partial charge in [0.1, 0.15) is 22.8 Å². The van der Waals surface area contributed by atoms with Crippen molar-refractivity contribution in [1.82, 2.24) is 25.2 Å². The molecule has 0 aromatic carbocycles. The minimum absolute atomic E-state index is 0.00793. The monoisotopic (exact) mass is 485 g/mol. The van der Waals surface area contributed by atoms with Gasteiger partial charge in [-0.3, -0.25) is 9.59 Å². The number of hydrogen-bond donors (Lipinski definition) is 3. The molecule has 2 heterocycles. The fourth-order valence-corrected chi connectivity index (χ4v) is 4.95. The van der Waals surface area contributed by atoms with Gasteiger partial charge in [-0.25, -0.2) is 13.1 Å². The number of amides is 2. The van der Waals surface area contributed by atoms with Gasteiger partial charge in [-0.1, -0.05) is 26.0 Å². The molecule has 186 valence electrons. The highest BCUT2D eigenvalue weighted by Crippen LogP contribution is 2.40. The first-order chi connectivity index (χ1) is 15.4. The lowest BCUT2D eigenvalue weighted by Crippen LogP contribution is -2.54. The normalized spacial score (nSPS) is 24.0. The van der Waals surface area contributed by atoms with E-state index in [9.17, 15) is 23.1 Å². The molecule has 11 nitrogen and oxygen atoms in total. The van der Waals surface area contributed by atoms with E-state index in [1.165, 1.54) is 12.0 Å². The standard InChI is InChI=1S/C21H35N5O6S/c1-12(32-5)16(11-33(30)31)22-19(28)17-8-14(27)9-25(17)20(29)18(21(2,3)4)26-10-15(23-24-26)13-6-7-13/h10,12-14,16-18,27,33H,6-9,11H2,1-5H3,(H,22,28)/t12?,14-,16?,17+,18-/m0/s1. The number of thiol groups is 1. The van der Waals surface area contributed by atoms with E-state index in [1.54, 1.807) is 17.8 Å². The molecule has 1 saturated heterocycles. The average molecular weight is 486 g/mol. The predicted octanol–water partition coefficient (Wildman–Crippen LogP) is -0.164. The summed E-state index contributed by atoms with van der Waals surface area (Å²) in [6.07, 6.45) is 2.57. The molecular formula is C21H35N5O6S. The molecule has 2 fully saturated rings. The highest BCUT2D eigenvalue weighted by Gasteiger charge is 2.46. The second-order valence-electron chi connectivity index (χ2n) is 10.1. The number of nitrogens with zero attached hydrogens (tertiary/aromatic N) is 4. The Morgan fingerprint density at radius 2 is 2.00 bits per heavy atom. The molecule has 2 unspecified atom stereocenters. The van der Waals surface area contributed by atoms with Crippen molar-refractivity contribution in [2.24, 2.45) is 5.41 Å². The number of aromatic nitrogens is 3. The van der Waals surface area contributed by atoms with E-state index in [2.05, 4.69) is 15.6 Å². The molecule has 2 N–H and O–H groups in total. The lowest BCUT2D eigenvalue weighted by atomic mass is 9.85. The van der Waals surface area contributed by atoms with Crippen LogP contribution in [0.4, 0.5) is 0 Å². The van der Waals surface area contributed by atoms with Crippen molar-refractivity contribution in [3.63, 3.8) is 0 Å². The zero-order valence-electron chi connectivity index (χ0n) is 19.8. The van der Waals surface area contributed by atoms with E-state index in [0.29, 0.717) is 5.92 Å². The van der Waals surface area contributed by atoms with Crippen molar-refractivity contribution < 1.29 is 27.9 Å². The topological polar surface area (TPSA) is 144 Å². The number of likely N-dealkylation sites (tertiary alicyclic amines) is 1. The maximum Gasteiger partial charge on any atom is 0.248 e. The quantitative estimate of drug-likeness (QED) is 0.409. The van der Waals surface area contributed by atoms with Crippen LogP contribution in [0, 0.1) is 5.41 Å². The van der Waals surface area contributed by atoms with Crippen LogP contribution in [0.3, 0.4) is 0 Å². The molecule has 1 saturated carbocycles. The smallest absolute Gasteiger partial charge is 0.248 e. The molecule has 1 aliphatic carbocycles. The summed E-state index contributed by atoms with van der Waals surface area (Å²) in [5.41, 5.74) is 0.324. The highest BCUT2D eigenvalue weighted by molar-refractivity contribution is 7.72. The van der Waals surface area contributed by atoms with Crippen LogP contribution in [-0.2, 0) is 25.0 Å². The van der Waals surface area contributed by atoms with Crippen molar-refractivity contribution in [3.05, 3.63) is 11.9 Å². The summed E-state index contributed by atoms with van der Waals surface area (Å²) in [5.74, 6) is -0.755. The molecule has 3 rings (SSSR count). The Balaban J connectivity index is 1.83. The molecule has 1 aromatic rings. The SMILES string of the molecule is COC(C)C(C[SH](=O)=O)NC(=O)[C@H]1C[C@H](O)CN1C(=O)[C@H](n1cc(C2CC2)nn1)C(C)(C)C. The summed E-state index contributed by atoms with van der Waals surface area (Å²) in [6.45, 7) is 7.41. The number of ether oxygens (including phenoxy) is 1. The first-order valence-corrected chi connectivity index (χ1v) is 12.6. The summed E-state index contributed by atoms with van der Waals surface area (Å²) in [7, 11) is -1.32. The average Bonchev–Trinajstić information content (AvgIpc) is 3.33.